The highest BCUT2D eigenvalue weighted by atomic mass is 19.2. The van der Waals surface area contributed by atoms with Gasteiger partial charge in [0, 0.05) is 0 Å². The van der Waals surface area contributed by atoms with E-state index in [4.69, 9.17) is 0 Å². The molecule has 0 nitrogen and oxygen atoms in total. The van der Waals surface area contributed by atoms with E-state index in [1.54, 1.807) is 0 Å². The van der Waals surface area contributed by atoms with Crippen LogP contribution >= 0.6 is 0 Å². The molecule has 1 rings (SSSR count). The standard InChI is InChI=1S/C13H16F4/c1-3-4-5-6-7-9-8(2)10(14)12(16)13(17)11(9)15/h3-7H2,1-2H3. The summed E-state index contributed by atoms with van der Waals surface area (Å²) in [6, 6.07) is 0. The van der Waals surface area contributed by atoms with Gasteiger partial charge in [0.1, 0.15) is 0 Å². The Morgan fingerprint density at radius 3 is 1.94 bits per heavy atom. The predicted octanol–water partition coefficient (Wildman–Crippen LogP) is 4.67. The molecule has 0 N–H and O–H groups in total. The zero-order valence-electron chi connectivity index (χ0n) is 10.0. The van der Waals surface area contributed by atoms with Gasteiger partial charge in [0.2, 0.25) is 0 Å². The lowest BCUT2D eigenvalue weighted by Crippen LogP contribution is -2.06. The summed E-state index contributed by atoms with van der Waals surface area (Å²) in [5.41, 5.74) is -0.171. The molecule has 4 heteroatoms. The van der Waals surface area contributed by atoms with Gasteiger partial charge in [0.05, 0.1) is 0 Å². The normalized spacial score (nSPS) is 10.9. The van der Waals surface area contributed by atoms with Crippen LogP contribution in [0.15, 0.2) is 0 Å². The van der Waals surface area contributed by atoms with Crippen LogP contribution in [0.5, 0.6) is 0 Å². The van der Waals surface area contributed by atoms with Crippen LogP contribution in [0.3, 0.4) is 0 Å². The molecule has 0 amide bonds. The Morgan fingerprint density at radius 1 is 0.765 bits per heavy atom. The molecule has 0 aliphatic heterocycles. The van der Waals surface area contributed by atoms with Crippen LogP contribution in [0, 0.1) is 30.2 Å². The highest BCUT2D eigenvalue weighted by Crippen LogP contribution is 2.25. The molecule has 0 aliphatic carbocycles. The molecule has 96 valence electrons. The minimum Gasteiger partial charge on any atom is -0.203 e. The number of rotatable bonds is 5. The number of hydrogen-bond donors (Lipinski definition) is 0. The average Bonchev–Trinajstić information content (AvgIpc) is 2.33. The summed E-state index contributed by atoms with van der Waals surface area (Å²) in [6.07, 6.45) is 3.78. The van der Waals surface area contributed by atoms with Crippen molar-refractivity contribution in [2.45, 2.75) is 46.0 Å². The number of hydrogen-bond acceptors (Lipinski definition) is 0. The van der Waals surface area contributed by atoms with Crippen molar-refractivity contribution in [3.05, 3.63) is 34.4 Å². The van der Waals surface area contributed by atoms with Crippen molar-refractivity contribution in [2.75, 3.05) is 0 Å². The third-order valence-electron chi connectivity index (χ3n) is 2.91. The number of benzene rings is 1. The third kappa shape index (κ3) is 2.99. The van der Waals surface area contributed by atoms with Crippen molar-refractivity contribution in [1.82, 2.24) is 0 Å². The van der Waals surface area contributed by atoms with E-state index in [1.165, 1.54) is 6.92 Å². The molecule has 0 atom stereocenters. The quantitative estimate of drug-likeness (QED) is 0.307. The fourth-order valence-corrected chi connectivity index (χ4v) is 1.81. The van der Waals surface area contributed by atoms with E-state index in [9.17, 15) is 17.6 Å². The Kier molecular flexibility index (Phi) is 4.97. The van der Waals surface area contributed by atoms with E-state index >= 15 is 0 Å². The van der Waals surface area contributed by atoms with Crippen molar-refractivity contribution in [3.63, 3.8) is 0 Å². The summed E-state index contributed by atoms with van der Waals surface area (Å²) >= 11 is 0. The Labute approximate surface area is 98.6 Å². The summed E-state index contributed by atoms with van der Waals surface area (Å²) < 4.78 is 52.6. The first-order valence-corrected chi connectivity index (χ1v) is 5.82. The van der Waals surface area contributed by atoms with Crippen molar-refractivity contribution in [2.24, 2.45) is 0 Å². The first-order valence-electron chi connectivity index (χ1n) is 5.82. The second kappa shape index (κ2) is 6.03. The maximum atomic E-state index is 13.4. The third-order valence-corrected chi connectivity index (χ3v) is 2.91. The van der Waals surface area contributed by atoms with E-state index in [0.717, 1.165) is 19.3 Å². The summed E-state index contributed by atoms with van der Waals surface area (Å²) in [4.78, 5) is 0. The van der Waals surface area contributed by atoms with Gasteiger partial charge in [-0.25, -0.2) is 17.6 Å². The maximum absolute atomic E-state index is 13.4. The number of halogens is 4. The minimum atomic E-state index is -1.72. The van der Waals surface area contributed by atoms with Gasteiger partial charge in [0.25, 0.3) is 0 Å². The van der Waals surface area contributed by atoms with Crippen LogP contribution in [0.25, 0.3) is 0 Å². The molecule has 0 fully saturated rings. The van der Waals surface area contributed by atoms with Crippen LogP contribution in [0.4, 0.5) is 17.6 Å². The largest absolute Gasteiger partial charge is 0.203 e. The van der Waals surface area contributed by atoms with Crippen molar-refractivity contribution >= 4 is 0 Å². The SMILES string of the molecule is CCCCCCc1c(C)c(F)c(F)c(F)c1F. The molecule has 0 aromatic heterocycles. The van der Waals surface area contributed by atoms with Crippen LogP contribution in [0.2, 0.25) is 0 Å². The second-order valence-corrected chi connectivity index (χ2v) is 4.17. The first-order chi connectivity index (χ1) is 8.00. The highest BCUT2D eigenvalue weighted by molar-refractivity contribution is 5.31. The lowest BCUT2D eigenvalue weighted by molar-refractivity contribution is 0.399. The van der Waals surface area contributed by atoms with E-state index < -0.39 is 23.3 Å². The minimum absolute atomic E-state index is 0.0440. The molecule has 0 bridgehead atoms. The lowest BCUT2D eigenvalue weighted by atomic mass is 10.00. The monoisotopic (exact) mass is 248 g/mol. The molecule has 0 aliphatic rings. The van der Waals surface area contributed by atoms with Crippen molar-refractivity contribution < 1.29 is 17.6 Å². The zero-order valence-corrected chi connectivity index (χ0v) is 10.0. The molecule has 0 unspecified atom stereocenters. The molecular formula is C13H16F4. The Balaban J connectivity index is 2.92. The smallest absolute Gasteiger partial charge is 0.197 e. The van der Waals surface area contributed by atoms with E-state index in [2.05, 4.69) is 0 Å². The summed E-state index contributed by atoms with van der Waals surface area (Å²) in [5, 5.41) is 0. The van der Waals surface area contributed by atoms with Crippen LogP contribution < -0.4 is 0 Å². The fraction of sp³-hybridized carbons (Fsp3) is 0.538. The van der Waals surface area contributed by atoms with Crippen LogP contribution in [0.1, 0.15) is 43.7 Å². The van der Waals surface area contributed by atoms with E-state index in [-0.39, 0.29) is 17.5 Å². The molecule has 1 aromatic rings. The van der Waals surface area contributed by atoms with Gasteiger partial charge in [-0.15, -0.1) is 0 Å². The van der Waals surface area contributed by atoms with Gasteiger partial charge in [-0.05, 0) is 30.9 Å². The number of unbranched alkanes of at least 4 members (excludes halogenated alkanes) is 3. The summed E-state index contributed by atoms with van der Waals surface area (Å²) in [5.74, 6) is -5.97. The molecule has 1 aromatic carbocycles. The van der Waals surface area contributed by atoms with Gasteiger partial charge in [-0.1, -0.05) is 26.2 Å². The topological polar surface area (TPSA) is 0 Å². The molecule has 17 heavy (non-hydrogen) atoms. The van der Waals surface area contributed by atoms with Gasteiger partial charge in [0.15, 0.2) is 23.3 Å². The fourth-order valence-electron chi connectivity index (χ4n) is 1.81. The van der Waals surface area contributed by atoms with Gasteiger partial charge >= 0.3 is 0 Å². The first kappa shape index (κ1) is 14.0. The van der Waals surface area contributed by atoms with Gasteiger partial charge in [-0.3, -0.25) is 0 Å². The van der Waals surface area contributed by atoms with Gasteiger partial charge < -0.3 is 0 Å². The highest BCUT2D eigenvalue weighted by Gasteiger charge is 2.22. The Morgan fingerprint density at radius 2 is 1.35 bits per heavy atom. The Bertz CT molecular complexity index is 370. The molecule has 0 spiro atoms. The summed E-state index contributed by atoms with van der Waals surface area (Å²) in [7, 11) is 0. The molecule has 0 saturated carbocycles. The van der Waals surface area contributed by atoms with Gasteiger partial charge in [-0.2, -0.15) is 0 Å². The molecule has 0 saturated heterocycles. The van der Waals surface area contributed by atoms with Crippen LogP contribution in [-0.2, 0) is 6.42 Å². The lowest BCUT2D eigenvalue weighted by Gasteiger charge is -2.10. The van der Waals surface area contributed by atoms with Crippen LogP contribution in [-0.4, -0.2) is 0 Å². The average molecular weight is 248 g/mol. The molecular weight excluding hydrogens is 232 g/mol. The Hall–Kier alpha value is -1.06. The van der Waals surface area contributed by atoms with Crippen molar-refractivity contribution in [1.29, 1.82) is 0 Å². The summed E-state index contributed by atoms with van der Waals surface area (Å²) in [6.45, 7) is 3.30. The van der Waals surface area contributed by atoms with Crippen molar-refractivity contribution in [3.8, 4) is 0 Å². The second-order valence-electron chi connectivity index (χ2n) is 4.17. The van der Waals surface area contributed by atoms with E-state index in [0.29, 0.717) is 6.42 Å². The van der Waals surface area contributed by atoms with E-state index in [1.807, 2.05) is 6.92 Å². The predicted molar refractivity (Wildman–Crippen MR) is 58.9 cm³/mol. The molecule has 0 heterocycles. The zero-order chi connectivity index (χ0) is 13.0. The molecule has 0 radical (unpaired) electrons. The maximum Gasteiger partial charge on any atom is 0.197 e.